The van der Waals surface area contributed by atoms with Crippen LogP contribution >= 0.6 is 0 Å². The van der Waals surface area contributed by atoms with Gasteiger partial charge in [0.05, 0.1) is 10.5 Å². The molecule has 0 aromatic heterocycles. The summed E-state index contributed by atoms with van der Waals surface area (Å²) in [4.78, 5) is 22.7. The van der Waals surface area contributed by atoms with Gasteiger partial charge in [0.15, 0.2) is 21.7 Å². The van der Waals surface area contributed by atoms with E-state index < -0.39 is 21.9 Å². The molecule has 0 saturated heterocycles. The molecule has 5 nitrogen and oxygen atoms in total. The third kappa shape index (κ3) is 3.40. The van der Waals surface area contributed by atoms with E-state index in [1.165, 1.54) is 38.1 Å². The topological polar surface area (TPSA) is 77.5 Å². The molecule has 18 heavy (non-hydrogen) atoms. The van der Waals surface area contributed by atoms with Gasteiger partial charge < -0.3 is 4.74 Å². The van der Waals surface area contributed by atoms with Crippen LogP contribution in [0.15, 0.2) is 29.2 Å². The van der Waals surface area contributed by atoms with Gasteiger partial charge >= 0.3 is 5.97 Å². The molecule has 0 radical (unpaired) electrons. The number of ether oxygens (including phenoxy) is 1. The molecule has 0 fully saturated rings. The van der Waals surface area contributed by atoms with E-state index in [2.05, 4.69) is 0 Å². The lowest BCUT2D eigenvalue weighted by Gasteiger charge is -2.11. The highest BCUT2D eigenvalue weighted by Crippen LogP contribution is 2.17. The molecule has 98 valence electrons. The number of hydrogen-bond acceptors (Lipinski definition) is 5. The Balaban J connectivity index is 3.11. The van der Waals surface area contributed by atoms with Crippen molar-refractivity contribution in [2.75, 3.05) is 6.26 Å². The van der Waals surface area contributed by atoms with Gasteiger partial charge in [-0.05, 0) is 26.0 Å². The normalized spacial score (nSPS) is 12.8. The molecular weight excluding hydrogens is 256 g/mol. The number of Topliss-reactive ketones (excluding diaryl/α,β-unsaturated/α-hetero) is 1. The molecule has 1 aromatic carbocycles. The molecule has 0 aliphatic heterocycles. The molecule has 0 N–H and O–H groups in total. The van der Waals surface area contributed by atoms with Crippen molar-refractivity contribution >= 4 is 21.6 Å². The zero-order chi connectivity index (χ0) is 13.9. The quantitative estimate of drug-likeness (QED) is 0.769. The molecule has 1 aromatic rings. The third-order valence-electron chi connectivity index (χ3n) is 2.36. The maximum absolute atomic E-state index is 11.8. The zero-order valence-corrected chi connectivity index (χ0v) is 11.2. The van der Waals surface area contributed by atoms with Gasteiger partial charge in [-0.1, -0.05) is 12.1 Å². The van der Waals surface area contributed by atoms with Gasteiger partial charge in [0.2, 0.25) is 0 Å². The summed E-state index contributed by atoms with van der Waals surface area (Å²) in [6, 6.07) is 5.72. The van der Waals surface area contributed by atoms with Crippen molar-refractivity contribution in [1.82, 2.24) is 0 Å². The molecule has 0 aliphatic rings. The van der Waals surface area contributed by atoms with Crippen molar-refractivity contribution in [2.45, 2.75) is 24.8 Å². The standard InChI is InChI=1S/C12H14O5S/c1-8(13)9(2)17-12(14)10-6-4-5-7-11(10)18(3,15)16/h4-7,9H,1-3H3. The highest BCUT2D eigenvalue weighted by molar-refractivity contribution is 7.90. The summed E-state index contributed by atoms with van der Waals surface area (Å²) in [6.07, 6.45) is 0.109. The van der Waals surface area contributed by atoms with Crippen LogP contribution in [0.25, 0.3) is 0 Å². The van der Waals surface area contributed by atoms with Crippen LogP contribution in [0.2, 0.25) is 0 Å². The molecule has 0 aliphatic carbocycles. The summed E-state index contributed by atoms with van der Waals surface area (Å²) in [5.41, 5.74) is -0.0619. The third-order valence-corrected chi connectivity index (χ3v) is 3.52. The second-order valence-corrected chi connectivity index (χ2v) is 5.91. The minimum Gasteiger partial charge on any atom is -0.451 e. The number of esters is 1. The minimum atomic E-state index is -3.52. The summed E-state index contributed by atoms with van der Waals surface area (Å²) >= 11 is 0. The second kappa shape index (κ2) is 5.30. The Morgan fingerprint density at radius 3 is 2.28 bits per heavy atom. The summed E-state index contributed by atoms with van der Waals surface area (Å²) < 4.78 is 27.9. The van der Waals surface area contributed by atoms with Crippen LogP contribution in [0, 0.1) is 0 Å². The van der Waals surface area contributed by atoms with Gasteiger partial charge in [-0.25, -0.2) is 13.2 Å². The molecule has 0 spiro atoms. The summed E-state index contributed by atoms with van der Waals surface area (Å²) in [6.45, 7) is 2.73. The Kier molecular flexibility index (Phi) is 4.24. The summed E-state index contributed by atoms with van der Waals surface area (Å²) in [5, 5.41) is 0. The average molecular weight is 270 g/mol. The lowest BCUT2D eigenvalue weighted by atomic mass is 10.2. The number of rotatable bonds is 4. The highest BCUT2D eigenvalue weighted by atomic mass is 32.2. The highest BCUT2D eigenvalue weighted by Gasteiger charge is 2.21. The predicted octanol–water partition coefficient (Wildman–Crippen LogP) is 1.22. The first-order chi connectivity index (χ1) is 8.23. The van der Waals surface area contributed by atoms with Crippen LogP contribution in [-0.4, -0.2) is 32.5 Å². The van der Waals surface area contributed by atoms with Gasteiger partial charge in [0.1, 0.15) is 0 Å². The van der Waals surface area contributed by atoms with Crippen LogP contribution in [0.5, 0.6) is 0 Å². The van der Waals surface area contributed by atoms with Crippen LogP contribution in [-0.2, 0) is 19.4 Å². The molecular formula is C12H14O5S. The van der Waals surface area contributed by atoms with E-state index in [0.29, 0.717) is 0 Å². The molecule has 0 saturated carbocycles. The van der Waals surface area contributed by atoms with E-state index in [9.17, 15) is 18.0 Å². The molecule has 0 bridgehead atoms. The largest absolute Gasteiger partial charge is 0.451 e. The van der Waals surface area contributed by atoms with E-state index in [1.807, 2.05) is 0 Å². The minimum absolute atomic E-state index is 0.0619. The fourth-order valence-electron chi connectivity index (χ4n) is 1.27. The van der Waals surface area contributed by atoms with Gasteiger partial charge in [0.25, 0.3) is 0 Å². The van der Waals surface area contributed by atoms with Crippen molar-refractivity contribution in [3.05, 3.63) is 29.8 Å². The molecule has 1 atom stereocenters. The average Bonchev–Trinajstić information content (AvgIpc) is 2.27. The van der Waals surface area contributed by atoms with Crippen molar-refractivity contribution in [2.24, 2.45) is 0 Å². The van der Waals surface area contributed by atoms with Crippen LogP contribution in [0.3, 0.4) is 0 Å². The fraction of sp³-hybridized carbons (Fsp3) is 0.333. The number of benzene rings is 1. The number of sulfone groups is 1. The molecule has 0 heterocycles. The van der Waals surface area contributed by atoms with E-state index in [-0.39, 0.29) is 16.2 Å². The molecule has 6 heteroatoms. The van der Waals surface area contributed by atoms with E-state index in [4.69, 9.17) is 4.74 Å². The predicted molar refractivity (Wildman–Crippen MR) is 65.1 cm³/mol. The smallest absolute Gasteiger partial charge is 0.340 e. The first-order valence-corrected chi connectivity index (χ1v) is 7.13. The van der Waals surface area contributed by atoms with Crippen LogP contribution in [0.4, 0.5) is 0 Å². The van der Waals surface area contributed by atoms with E-state index in [1.54, 1.807) is 0 Å². The van der Waals surface area contributed by atoms with Gasteiger partial charge in [-0.3, -0.25) is 4.79 Å². The number of carbonyl (C=O) groups is 2. The first-order valence-electron chi connectivity index (χ1n) is 5.24. The van der Waals surface area contributed by atoms with Crippen molar-refractivity contribution in [1.29, 1.82) is 0 Å². The Hall–Kier alpha value is -1.69. The lowest BCUT2D eigenvalue weighted by molar-refractivity contribution is -0.124. The van der Waals surface area contributed by atoms with E-state index in [0.717, 1.165) is 6.26 Å². The van der Waals surface area contributed by atoms with Gasteiger partial charge in [0, 0.05) is 6.26 Å². The van der Waals surface area contributed by atoms with Gasteiger partial charge in [-0.15, -0.1) is 0 Å². The maximum atomic E-state index is 11.8. The van der Waals surface area contributed by atoms with Crippen LogP contribution in [0.1, 0.15) is 24.2 Å². The van der Waals surface area contributed by atoms with Crippen molar-refractivity contribution in [3.63, 3.8) is 0 Å². The molecule has 1 unspecified atom stereocenters. The Morgan fingerprint density at radius 2 is 1.78 bits per heavy atom. The first kappa shape index (κ1) is 14.4. The SMILES string of the molecule is CC(=O)C(C)OC(=O)c1ccccc1S(C)(=O)=O. The number of hydrogen-bond donors (Lipinski definition) is 0. The Bertz CT molecular complexity index is 574. The van der Waals surface area contributed by atoms with Crippen molar-refractivity contribution in [3.8, 4) is 0 Å². The number of carbonyl (C=O) groups excluding carboxylic acids is 2. The Labute approximate surface area is 106 Å². The monoisotopic (exact) mass is 270 g/mol. The molecule has 1 rings (SSSR count). The lowest BCUT2D eigenvalue weighted by Crippen LogP contribution is -2.23. The van der Waals surface area contributed by atoms with E-state index >= 15 is 0 Å². The zero-order valence-electron chi connectivity index (χ0n) is 10.3. The molecule has 0 amide bonds. The fourth-order valence-corrected chi connectivity index (χ4v) is 2.14. The van der Waals surface area contributed by atoms with Gasteiger partial charge in [-0.2, -0.15) is 0 Å². The van der Waals surface area contributed by atoms with Crippen LogP contribution < -0.4 is 0 Å². The van der Waals surface area contributed by atoms with Crippen molar-refractivity contribution < 1.29 is 22.7 Å². The Morgan fingerprint density at radius 1 is 1.22 bits per heavy atom. The maximum Gasteiger partial charge on any atom is 0.340 e. The summed E-state index contributed by atoms with van der Waals surface area (Å²) in [7, 11) is -3.52. The number of ketones is 1. The second-order valence-electron chi connectivity index (χ2n) is 3.93. The summed E-state index contributed by atoms with van der Waals surface area (Å²) in [5.74, 6) is -1.13.